The Kier molecular flexibility index (Phi) is 6.67. The molecule has 0 saturated heterocycles. The Morgan fingerprint density at radius 3 is 2.55 bits per heavy atom. The highest BCUT2D eigenvalue weighted by Crippen LogP contribution is 2.34. The van der Waals surface area contributed by atoms with Crippen molar-refractivity contribution in [3.63, 3.8) is 0 Å². The van der Waals surface area contributed by atoms with Gasteiger partial charge in [-0.1, -0.05) is 43.3 Å². The predicted molar refractivity (Wildman–Crippen MR) is 117 cm³/mol. The molecule has 1 heterocycles. The molecular formula is C23H24N2O3S. The van der Waals surface area contributed by atoms with Crippen molar-refractivity contribution in [2.45, 2.75) is 26.7 Å². The lowest BCUT2D eigenvalue weighted by Crippen LogP contribution is -2.17. The van der Waals surface area contributed by atoms with Gasteiger partial charge in [-0.25, -0.2) is 0 Å². The normalized spacial score (nSPS) is 10.6. The van der Waals surface area contributed by atoms with E-state index in [1.165, 1.54) is 11.3 Å². The van der Waals surface area contributed by atoms with Gasteiger partial charge in [0.05, 0.1) is 12.2 Å². The van der Waals surface area contributed by atoms with Crippen molar-refractivity contribution in [1.29, 1.82) is 0 Å². The number of anilines is 1. The molecule has 0 aliphatic carbocycles. The number of carbonyl (C=O) groups is 2. The van der Waals surface area contributed by atoms with Crippen LogP contribution in [0.3, 0.4) is 0 Å². The van der Waals surface area contributed by atoms with Crippen LogP contribution < -0.4 is 15.8 Å². The second kappa shape index (κ2) is 9.39. The number of hydrogen-bond acceptors (Lipinski definition) is 4. The fourth-order valence-corrected chi connectivity index (χ4v) is 4.26. The molecule has 0 saturated carbocycles. The number of hydrogen-bond donors (Lipinski definition) is 2. The molecule has 0 atom stereocenters. The number of thiophene rings is 1. The van der Waals surface area contributed by atoms with E-state index in [9.17, 15) is 9.59 Å². The fraction of sp³-hybridized carbons (Fsp3) is 0.217. The summed E-state index contributed by atoms with van der Waals surface area (Å²) in [6, 6.07) is 17.0. The van der Waals surface area contributed by atoms with Crippen molar-refractivity contribution in [1.82, 2.24) is 0 Å². The zero-order chi connectivity index (χ0) is 20.8. The summed E-state index contributed by atoms with van der Waals surface area (Å²) in [5.41, 5.74) is 8.38. The quantitative estimate of drug-likeness (QED) is 0.562. The van der Waals surface area contributed by atoms with E-state index in [0.717, 1.165) is 22.4 Å². The van der Waals surface area contributed by atoms with Gasteiger partial charge in [0.2, 0.25) is 0 Å². The molecule has 150 valence electrons. The van der Waals surface area contributed by atoms with Gasteiger partial charge in [0.1, 0.15) is 10.8 Å². The molecule has 0 aliphatic heterocycles. The van der Waals surface area contributed by atoms with Gasteiger partial charge in [0.25, 0.3) is 11.8 Å². The molecule has 0 aliphatic rings. The Balaban J connectivity index is 1.85. The van der Waals surface area contributed by atoms with Crippen LogP contribution in [-0.4, -0.2) is 18.4 Å². The van der Waals surface area contributed by atoms with Crippen molar-refractivity contribution >= 4 is 28.2 Å². The summed E-state index contributed by atoms with van der Waals surface area (Å²) < 4.78 is 5.60. The molecule has 0 bridgehead atoms. The SMILES string of the molecule is CCCOc1cccc(C(=O)Nc2sc(Cc3ccccc3)c(C)c2C(N)=O)c1. The Hall–Kier alpha value is -3.12. The molecule has 0 spiro atoms. The molecule has 2 aromatic carbocycles. The smallest absolute Gasteiger partial charge is 0.256 e. The maximum absolute atomic E-state index is 12.8. The topological polar surface area (TPSA) is 81.4 Å². The Labute approximate surface area is 174 Å². The van der Waals surface area contributed by atoms with Crippen molar-refractivity contribution < 1.29 is 14.3 Å². The highest BCUT2D eigenvalue weighted by molar-refractivity contribution is 7.17. The van der Waals surface area contributed by atoms with Gasteiger partial charge < -0.3 is 15.8 Å². The minimum absolute atomic E-state index is 0.304. The average molecular weight is 409 g/mol. The third kappa shape index (κ3) is 5.03. The lowest BCUT2D eigenvalue weighted by molar-refractivity contribution is 0.100. The van der Waals surface area contributed by atoms with Gasteiger partial charge in [-0.15, -0.1) is 11.3 Å². The van der Waals surface area contributed by atoms with E-state index >= 15 is 0 Å². The monoisotopic (exact) mass is 408 g/mol. The Morgan fingerprint density at radius 2 is 1.86 bits per heavy atom. The summed E-state index contributed by atoms with van der Waals surface area (Å²) in [4.78, 5) is 25.8. The molecule has 29 heavy (non-hydrogen) atoms. The molecule has 3 N–H and O–H groups in total. The number of carbonyl (C=O) groups excluding carboxylic acids is 2. The zero-order valence-corrected chi connectivity index (χ0v) is 17.3. The third-order valence-electron chi connectivity index (χ3n) is 4.50. The number of nitrogens with two attached hydrogens (primary N) is 1. The van der Waals surface area contributed by atoms with E-state index in [1.54, 1.807) is 18.2 Å². The summed E-state index contributed by atoms with van der Waals surface area (Å²) in [6.45, 7) is 4.47. The lowest BCUT2D eigenvalue weighted by atomic mass is 10.1. The number of rotatable bonds is 8. The van der Waals surface area contributed by atoms with Crippen LogP contribution in [-0.2, 0) is 6.42 Å². The predicted octanol–water partition coefficient (Wildman–Crippen LogP) is 4.79. The van der Waals surface area contributed by atoms with Crippen molar-refractivity contribution in [2.75, 3.05) is 11.9 Å². The highest BCUT2D eigenvalue weighted by Gasteiger charge is 2.21. The summed E-state index contributed by atoms with van der Waals surface area (Å²) in [7, 11) is 0. The highest BCUT2D eigenvalue weighted by atomic mass is 32.1. The number of amides is 2. The largest absolute Gasteiger partial charge is 0.494 e. The molecule has 5 nitrogen and oxygen atoms in total. The van der Waals surface area contributed by atoms with E-state index in [-0.39, 0.29) is 5.91 Å². The van der Waals surface area contributed by atoms with E-state index in [0.29, 0.717) is 34.9 Å². The van der Waals surface area contributed by atoms with E-state index < -0.39 is 5.91 Å². The number of primary amides is 1. The zero-order valence-electron chi connectivity index (χ0n) is 16.5. The Bertz CT molecular complexity index is 1010. The molecular weight excluding hydrogens is 384 g/mol. The minimum atomic E-state index is -0.548. The van der Waals surface area contributed by atoms with Gasteiger partial charge >= 0.3 is 0 Å². The molecule has 2 amide bonds. The third-order valence-corrected chi connectivity index (χ3v) is 5.70. The first-order valence-corrected chi connectivity index (χ1v) is 10.3. The average Bonchev–Trinajstić information content (AvgIpc) is 3.02. The van der Waals surface area contributed by atoms with Crippen molar-refractivity contribution in [2.24, 2.45) is 5.73 Å². The maximum Gasteiger partial charge on any atom is 0.256 e. The fourth-order valence-electron chi connectivity index (χ4n) is 3.02. The van der Waals surface area contributed by atoms with Crippen LogP contribution in [0.25, 0.3) is 0 Å². The van der Waals surface area contributed by atoms with Gasteiger partial charge in [-0.3, -0.25) is 9.59 Å². The van der Waals surface area contributed by atoms with E-state index in [1.807, 2.05) is 50.2 Å². The number of nitrogens with one attached hydrogen (secondary N) is 1. The second-order valence-electron chi connectivity index (χ2n) is 6.71. The van der Waals surface area contributed by atoms with Crippen LogP contribution in [0.5, 0.6) is 5.75 Å². The van der Waals surface area contributed by atoms with Crippen molar-refractivity contribution in [3.05, 3.63) is 81.7 Å². The summed E-state index contributed by atoms with van der Waals surface area (Å²) in [5.74, 6) is -0.211. The van der Waals surface area contributed by atoms with Gasteiger partial charge in [0, 0.05) is 16.9 Å². The van der Waals surface area contributed by atoms with Crippen LogP contribution in [0.2, 0.25) is 0 Å². The summed E-state index contributed by atoms with van der Waals surface area (Å²) in [5, 5.41) is 3.34. The first-order chi connectivity index (χ1) is 14.0. The first kappa shape index (κ1) is 20.6. The van der Waals surface area contributed by atoms with Gasteiger partial charge in [-0.2, -0.15) is 0 Å². The molecule has 0 fully saturated rings. The van der Waals surface area contributed by atoms with E-state index in [4.69, 9.17) is 10.5 Å². The van der Waals surface area contributed by atoms with E-state index in [2.05, 4.69) is 5.32 Å². The molecule has 1 aromatic heterocycles. The summed E-state index contributed by atoms with van der Waals surface area (Å²) in [6.07, 6.45) is 1.56. The molecule has 3 aromatic rings. The first-order valence-electron chi connectivity index (χ1n) is 9.49. The Morgan fingerprint density at radius 1 is 1.10 bits per heavy atom. The number of ether oxygens (including phenoxy) is 1. The van der Waals surface area contributed by atoms with Crippen LogP contribution >= 0.6 is 11.3 Å². The molecule has 3 rings (SSSR count). The molecule has 0 radical (unpaired) electrons. The summed E-state index contributed by atoms with van der Waals surface area (Å²) >= 11 is 1.39. The molecule has 0 unspecified atom stereocenters. The van der Waals surface area contributed by atoms with Gasteiger partial charge in [0.15, 0.2) is 0 Å². The van der Waals surface area contributed by atoms with Crippen LogP contribution in [0, 0.1) is 6.92 Å². The lowest BCUT2D eigenvalue weighted by Gasteiger charge is -2.08. The molecule has 6 heteroatoms. The van der Waals surface area contributed by atoms with Gasteiger partial charge in [-0.05, 0) is 42.7 Å². The number of benzene rings is 2. The standard InChI is InChI=1S/C23H24N2O3S/c1-3-12-28-18-11-7-10-17(14-18)22(27)25-23-20(21(24)26)15(2)19(29-23)13-16-8-5-4-6-9-16/h4-11,14H,3,12-13H2,1-2H3,(H2,24,26)(H,25,27). The van der Waals surface area contributed by atoms with Crippen LogP contribution in [0.1, 0.15) is 50.1 Å². The second-order valence-corrected chi connectivity index (χ2v) is 7.82. The van der Waals surface area contributed by atoms with Crippen molar-refractivity contribution in [3.8, 4) is 5.75 Å². The maximum atomic E-state index is 12.8. The van der Waals surface area contributed by atoms with Crippen LogP contribution in [0.15, 0.2) is 54.6 Å². The van der Waals surface area contributed by atoms with Crippen LogP contribution in [0.4, 0.5) is 5.00 Å². The minimum Gasteiger partial charge on any atom is -0.494 e.